The molecule has 6 nitrogen and oxygen atoms in total. The van der Waals surface area contributed by atoms with Gasteiger partial charge in [-0.15, -0.1) is 0 Å². The summed E-state index contributed by atoms with van der Waals surface area (Å²) in [6, 6.07) is 7.42. The third-order valence-electron chi connectivity index (χ3n) is 6.13. The number of halogens is 2. The lowest BCUT2D eigenvalue weighted by atomic mass is 9.92. The predicted molar refractivity (Wildman–Crippen MR) is 125 cm³/mol. The number of anilines is 2. The first-order valence-electron chi connectivity index (χ1n) is 10.2. The number of pyridine rings is 1. The van der Waals surface area contributed by atoms with Gasteiger partial charge in [0.15, 0.2) is 0 Å². The van der Waals surface area contributed by atoms with Gasteiger partial charge in [0.2, 0.25) is 0 Å². The van der Waals surface area contributed by atoms with E-state index in [0.29, 0.717) is 27.0 Å². The lowest BCUT2D eigenvalue weighted by Gasteiger charge is -2.14. The summed E-state index contributed by atoms with van der Waals surface area (Å²) in [4.78, 5) is 12.8. The van der Waals surface area contributed by atoms with Crippen LogP contribution in [0.3, 0.4) is 0 Å². The molecule has 0 saturated heterocycles. The van der Waals surface area contributed by atoms with Gasteiger partial charge in [-0.1, -0.05) is 18.6 Å². The van der Waals surface area contributed by atoms with Crippen molar-refractivity contribution in [3.63, 3.8) is 0 Å². The second-order valence-electron chi connectivity index (χ2n) is 8.17. The maximum Gasteiger partial charge on any atom is 0.146 e. The van der Waals surface area contributed by atoms with Crippen LogP contribution in [-0.2, 0) is 6.42 Å². The Bertz CT molecular complexity index is 1350. The van der Waals surface area contributed by atoms with Crippen LogP contribution in [0.1, 0.15) is 31.4 Å². The zero-order valence-corrected chi connectivity index (χ0v) is 18.6. The van der Waals surface area contributed by atoms with Crippen molar-refractivity contribution in [2.45, 2.75) is 32.2 Å². The summed E-state index contributed by atoms with van der Waals surface area (Å²) in [7, 11) is 0. The van der Waals surface area contributed by atoms with Gasteiger partial charge in [0.1, 0.15) is 29.4 Å². The number of nitrogens with two attached hydrogens (primary N) is 2. The molecule has 4 N–H and O–H groups in total. The molecule has 0 bridgehead atoms. The molecular formula is C23H22BrFN6. The molecule has 0 aliphatic heterocycles. The van der Waals surface area contributed by atoms with Crippen molar-refractivity contribution < 1.29 is 4.39 Å². The summed E-state index contributed by atoms with van der Waals surface area (Å²) in [5.74, 6) is 0.874. The topological polar surface area (TPSA) is 95.6 Å². The van der Waals surface area contributed by atoms with Gasteiger partial charge in [0.05, 0.1) is 21.4 Å². The number of fused-ring (bicyclic) bond motifs is 2. The third-order valence-corrected chi connectivity index (χ3v) is 6.77. The molecule has 0 radical (unpaired) electrons. The van der Waals surface area contributed by atoms with Crippen LogP contribution in [0.2, 0.25) is 0 Å². The van der Waals surface area contributed by atoms with Gasteiger partial charge < -0.3 is 16.0 Å². The smallest absolute Gasteiger partial charge is 0.146 e. The molecule has 1 aromatic carbocycles. The van der Waals surface area contributed by atoms with Crippen molar-refractivity contribution >= 4 is 49.5 Å². The number of hydrogen-bond acceptors (Lipinski definition) is 5. The molecule has 158 valence electrons. The molecule has 5 rings (SSSR count). The lowest BCUT2D eigenvalue weighted by molar-refractivity contribution is 0.594. The Morgan fingerprint density at radius 2 is 2.03 bits per heavy atom. The van der Waals surface area contributed by atoms with Crippen molar-refractivity contribution in [1.82, 2.24) is 19.5 Å². The number of allylic oxidation sites excluding steroid dienone is 2. The zero-order valence-electron chi connectivity index (χ0n) is 17.0. The molecule has 0 saturated carbocycles. The minimum absolute atomic E-state index is 0.233. The highest BCUT2D eigenvalue weighted by molar-refractivity contribution is 9.10. The Labute approximate surface area is 187 Å². The quantitative estimate of drug-likeness (QED) is 0.392. The van der Waals surface area contributed by atoms with E-state index in [1.807, 2.05) is 18.3 Å². The monoisotopic (exact) mass is 480 g/mol. The van der Waals surface area contributed by atoms with Crippen LogP contribution in [0.4, 0.5) is 16.0 Å². The normalized spacial score (nSPS) is 17.4. The third kappa shape index (κ3) is 3.54. The van der Waals surface area contributed by atoms with E-state index in [9.17, 15) is 4.39 Å². The number of benzene rings is 1. The van der Waals surface area contributed by atoms with Crippen molar-refractivity contribution in [2.75, 3.05) is 11.5 Å². The van der Waals surface area contributed by atoms with Gasteiger partial charge in [0, 0.05) is 11.6 Å². The zero-order chi connectivity index (χ0) is 21.7. The fourth-order valence-electron chi connectivity index (χ4n) is 4.50. The largest absolute Gasteiger partial charge is 0.383 e. The first-order valence-corrected chi connectivity index (χ1v) is 11.0. The SMILES string of the molecule is CC(Cc1cc(F)c2cc(Br)c(N)nc2c1)C1=CC(n2ccc3c(N)ncnc32)CC1. The fourth-order valence-corrected chi connectivity index (χ4v) is 4.81. The van der Waals surface area contributed by atoms with Crippen LogP contribution >= 0.6 is 15.9 Å². The predicted octanol–water partition coefficient (Wildman–Crippen LogP) is 5.19. The summed E-state index contributed by atoms with van der Waals surface area (Å²) in [5.41, 5.74) is 15.6. The Kier molecular flexibility index (Phi) is 4.89. The van der Waals surface area contributed by atoms with E-state index in [1.165, 1.54) is 11.9 Å². The molecule has 3 heterocycles. The van der Waals surface area contributed by atoms with Crippen LogP contribution in [0.25, 0.3) is 21.9 Å². The van der Waals surface area contributed by atoms with E-state index in [4.69, 9.17) is 11.5 Å². The molecule has 1 aliphatic carbocycles. The molecule has 8 heteroatoms. The minimum Gasteiger partial charge on any atom is -0.383 e. The Balaban J connectivity index is 1.40. The summed E-state index contributed by atoms with van der Waals surface area (Å²) in [5, 5.41) is 1.35. The van der Waals surface area contributed by atoms with Crippen molar-refractivity contribution in [3.8, 4) is 0 Å². The Hall–Kier alpha value is -3.00. The Morgan fingerprint density at radius 3 is 2.87 bits per heavy atom. The Morgan fingerprint density at radius 1 is 1.19 bits per heavy atom. The maximum absolute atomic E-state index is 14.7. The summed E-state index contributed by atoms with van der Waals surface area (Å²) >= 11 is 3.32. The first kappa shape index (κ1) is 19.9. The molecule has 2 atom stereocenters. The van der Waals surface area contributed by atoms with E-state index in [2.05, 4.69) is 48.4 Å². The van der Waals surface area contributed by atoms with Gasteiger partial charge in [-0.3, -0.25) is 0 Å². The molecule has 1 aliphatic rings. The number of hydrogen-bond donors (Lipinski definition) is 2. The molecule has 0 amide bonds. The number of nitrogen functional groups attached to an aromatic ring is 2. The van der Waals surface area contributed by atoms with Crippen LogP contribution in [-0.4, -0.2) is 19.5 Å². The molecule has 3 aromatic heterocycles. The fraction of sp³-hybridized carbons (Fsp3) is 0.261. The average Bonchev–Trinajstić information content (AvgIpc) is 3.37. The van der Waals surface area contributed by atoms with E-state index >= 15 is 0 Å². The molecule has 31 heavy (non-hydrogen) atoms. The second kappa shape index (κ2) is 7.60. The highest BCUT2D eigenvalue weighted by atomic mass is 79.9. The van der Waals surface area contributed by atoms with Gasteiger partial charge in [-0.05, 0) is 70.9 Å². The van der Waals surface area contributed by atoms with Crippen LogP contribution in [0, 0.1) is 11.7 Å². The summed E-state index contributed by atoms with van der Waals surface area (Å²) < 4.78 is 17.4. The van der Waals surface area contributed by atoms with E-state index in [0.717, 1.165) is 35.9 Å². The summed E-state index contributed by atoms with van der Waals surface area (Å²) in [6.07, 6.45) is 8.59. The highest BCUT2D eigenvalue weighted by Gasteiger charge is 2.23. The maximum atomic E-state index is 14.7. The number of nitrogens with zero attached hydrogens (tertiary/aromatic N) is 4. The molecule has 0 spiro atoms. The van der Waals surface area contributed by atoms with E-state index < -0.39 is 0 Å². The van der Waals surface area contributed by atoms with Crippen molar-refractivity contribution in [1.29, 1.82) is 0 Å². The van der Waals surface area contributed by atoms with Crippen molar-refractivity contribution in [3.05, 3.63) is 64.3 Å². The minimum atomic E-state index is -0.276. The second-order valence-corrected chi connectivity index (χ2v) is 9.03. The molecule has 2 unspecified atom stereocenters. The van der Waals surface area contributed by atoms with Crippen LogP contribution in [0.5, 0.6) is 0 Å². The first-order chi connectivity index (χ1) is 14.9. The standard InChI is InChI=1S/C23H22BrFN6/c1-12(6-13-7-19(25)17-10-18(24)22(27)30-20(17)8-13)14-2-3-15(9-14)31-5-4-16-21(26)28-11-29-23(16)31/h4-5,7-12,15H,2-3,6H2,1H3,(H2,27,30)(H2,26,28,29). The van der Waals surface area contributed by atoms with Crippen molar-refractivity contribution in [2.24, 2.45) is 5.92 Å². The summed E-state index contributed by atoms with van der Waals surface area (Å²) in [6.45, 7) is 2.19. The molecule has 0 fully saturated rings. The molecule has 4 aromatic rings. The van der Waals surface area contributed by atoms with Gasteiger partial charge in [-0.2, -0.15) is 0 Å². The van der Waals surface area contributed by atoms with Crippen LogP contribution in [0.15, 0.2) is 52.9 Å². The van der Waals surface area contributed by atoms with Gasteiger partial charge in [-0.25, -0.2) is 19.3 Å². The van der Waals surface area contributed by atoms with Gasteiger partial charge >= 0.3 is 0 Å². The highest BCUT2D eigenvalue weighted by Crippen LogP contribution is 2.36. The number of aromatic nitrogens is 4. The number of rotatable bonds is 4. The molecular weight excluding hydrogens is 459 g/mol. The van der Waals surface area contributed by atoms with E-state index in [1.54, 1.807) is 12.1 Å². The van der Waals surface area contributed by atoms with Crippen LogP contribution < -0.4 is 11.5 Å². The lowest BCUT2D eigenvalue weighted by Crippen LogP contribution is -2.04. The van der Waals surface area contributed by atoms with E-state index in [-0.39, 0.29) is 17.8 Å². The van der Waals surface area contributed by atoms with Gasteiger partial charge in [0.25, 0.3) is 0 Å². The average molecular weight is 481 g/mol.